The normalized spacial score (nSPS) is 20.3. The molecule has 1 saturated heterocycles. The fraction of sp³-hybridized carbons (Fsp3) is 0.565. The first kappa shape index (κ1) is 20.9. The lowest BCUT2D eigenvalue weighted by molar-refractivity contribution is -0.00804. The van der Waals surface area contributed by atoms with Crippen LogP contribution in [0.25, 0.3) is 0 Å². The van der Waals surface area contributed by atoms with Crippen molar-refractivity contribution >= 4 is 5.96 Å². The molecule has 4 rings (SSSR count). The Morgan fingerprint density at radius 2 is 2.13 bits per heavy atom. The van der Waals surface area contributed by atoms with Crippen molar-refractivity contribution < 1.29 is 4.74 Å². The maximum Gasteiger partial charge on any atom is 0.194 e. The van der Waals surface area contributed by atoms with Crippen LogP contribution in [-0.2, 0) is 24.8 Å². The number of aliphatic imine (C=N–C) groups is 1. The van der Waals surface area contributed by atoms with Gasteiger partial charge in [0.05, 0.1) is 19.3 Å². The number of fused-ring (bicyclic) bond motifs is 1. The van der Waals surface area contributed by atoms with Gasteiger partial charge in [-0.1, -0.05) is 24.3 Å². The van der Waals surface area contributed by atoms with E-state index in [9.17, 15) is 0 Å². The summed E-state index contributed by atoms with van der Waals surface area (Å²) in [4.78, 5) is 9.80. The molecule has 1 unspecified atom stereocenters. The molecular weight excluding hydrogens is 376 g/mol. The zero-order chi connectivity index (χ0) is 20.8. The van der Waals surface area contributed by atoms with Crippen LogP contribution in [0, 0.1) is 0 Å². The lowest BCUT2D eigenvalue weighted by Gasteiger charge is -2.35. The standard InChI is InChI=1S/C23H34N6O/c1-3-24-23(29-13-14-30-22(18-29)21-15-26-27(2)16-21)25-10-6-11-28-12-9-19-7-4-5-8-20(19)17-28/h4-5,7-8,15-16,22H,3,6,9-14,17-18H2,1-2H3,(H,24,25). The quantitative estimate of drug-likeness (QED) is 0.450. The van der Waals surface area contributed by atoms with Crippen molar-refractivity contribution in [3.8, 4) is 0 Å². The number of morpholine rings is 1. The summed E-state index contributed by atoms with van der Waals surface area (Å²) in [5.41, 5.74) is 4.12. The van der Waals surface area contributed by atoms with Crippen molar-refractivity contribution in [2.45, 2.75) is 32.4 Å². The average Bonchev–Trinajstić information content (AvgIpc) is 3.22. The number of aryl methyl sites for hydroxylation is 1. The second kappa shape index (κ2) is 10.1. The molecule has 1 aromatic heterocycles. The van der Waals surface area contributed by atoms with Gasteiger partial charge in [0.1, 0.15) is 6.10 Å². The molecule has 0 radical (unpaired) electrons. The van der Waals surface area contributed by atoms with E-state index in [0.29, 0.717) is 6.61 Å². The van der Waals surface area contributed by atoms with Crippen molar-refractivity contribution in [3.05, 3.63) is 53.3 Å². The minimum absolute atomic E-state index is 0.0460. The third-order valence-electron chi connectivity index (χ3n) is 5.90. The average molecular weight is 411 g/mol. The summed E-state index contributed by atoms with van der Waals surface area (Å²) in [6.07, 6.45) is 6.22. The van der Waals surface area contributed by atoms with Gasteiger partial charge in [-0.3, -0.25) is 14.6 Å². The number of nitrogens with one attached hydrogen (secondary N) is 1. The van der Waals surface area contributed by atoms with Gasteiger partial charge >= 0.3 is 0 Å². The molecule has 1 N–H and O–H groups in total. The molecule has 0 aliphatic carbocycles. The molecule has 7 nitrogen and oxygen atoms in total. The fourth-order valence-corrected chi connectivity index (χ4v) is 4.30. The van der Waals surface area contributed by atoms with Crippen LogP contribution in [0.4, 0.5) is 0 Å². The number of rotatable bonds is 6. The molecule has 1 aromatic carbocycles. The van der Waals surface area contributed by atoms with Gasteiger partial charge in [0, 0.05) is 58.1 Å². The molecule has 2 aliphatic rings. The van der Waals surface area contributed by atoms with Gasteiger partial charge in [0.15, 0.2) is 5.96 Å². The molecule has 162 valence electrons. The highest BCUT2D eigenvalue weighted by atomic mass is 16.5. The largest absolute Gasteiger partial charge is 0.370 e. The van der Waals surface area contributed by atoms with Crippen LogP contribution in [0.15, 0.2) is 41.7 Å². The van der Waals surface area contributed by atoms with E-state index in [0.717, 1.165) is 70.2 Å². The van der Waals surface area contributed by atoms with Crippen LogP contribution in [0.2, 0.25) is 0 Å². The Labute approximate surface area is 179 Å². The van der Waals surface area contributed by atoms with Crippen molar-refractivity contribution in [2.75, 3.05) is 45.9 Å². The van der Waals surface area contributed by atoms with E-state index in [1.165, 1.54) is 11.1 Å². The van der Waals surface area contributed by atoms with E-state index < -0.39 is 0 Å². The lowest BCUT2D eigenvalue weighted by Crippen LogP contribution is -2.48. The zero-order valence-corrected chi connectivity index (χ0v) is 18.3. The maximum absolute atomic E-state index is 5.99. The first-order valence-electron chi connectivity index (χ1n) is 11.2. The summed E-state index contributed by atoms with van der Waals surface area (Å²) in [5, 5.41) is 7.75. The third-order valence-corrected chi connectivity index (χ3v) is 5.90. The SMILES string of the molecule is CCNC(=NCCCN1CCc2ccccc2C1)N1CCOC(c2cnn(C)c2)C1. The van der Waals surface area contributed by atoms with Gasteiger partial charge in [-0.25, -0.2) is 0 Å². The Hall–Kier alpha value is -2.38. The first-order chi connectivity index (χ1) is 14.7. The molecule has 1 fully saturated rings. The number of hydrogen-bond donors (Lipinski definition) is 1. The van der Waals surface area contributed by atoms with Gasteiger partial charge in [-0.15, -0.1) is 0 Å². The molecule has 0 saturated carbocycles. The summed E-state index contributed by atoms with van der Waals surface area (Å²) in [7, 11) is 1.94. The fourth-order valence-electron chi connectivity index (χ4n) is 4.30. The number of nitrogens with zero attached hydrogens (tertiary/aromatic N) is 5. The molecule has 7 heteroatoms. The molecule has 0 spiro atoms. The minimum Gasteiger partial charge on any atom is -0.370 e. The van der Waals surface area contributed by atoms with Crippen molar-refractivity contribution in [3.63, 3.8) is 0 Å². The molecule has 0 amide bonds. The summed E-state index contributed by atoms with van der Waals surface area (Å²) in [6, 6.07) is 8.83. The second-order valence-corrected chi connectivity index (χ2v) is 8.14. The highest BCUT2D eigenvalue weighted by Crippen LogP contribution is 2.22. The van der Waals surface area contributed by atoms with Crippen molar-refractivity contribution in [1.82, 2.24) is 24.9 Å². The van der Waals surface area contributed by atoms with Crippen LogP contribution in [-0.4, -0.2) is 71.4 Å². The van der Waals surface area contributed by atoms with Crippen LogP contribution >= 0.6 is 0 Å². The number of benzene rings is 1. The predicted molar refractivity (Wildman–Crippen MR) is 119 cm³/mol. The smallest absolute Gasteiger partial charge is 0.194 e. The number of hydrogen-bond acceptors (Lipinski definition) is 4. The third kappa shape index (κ3) is 5.21. The first-order valence-corrected chi connectivity index (χ1v) is 11.2. The lowest BCUT2D eigenvalue weighted by atomic mass is 10.00. The van der Waals surface area contributed by atoms with Gasteiger partial charge in [-0.2, -0.15) is 5.10 Å². The summed E-state index contributed by atoms with van der Waals surface area (Å²) in [5.74, 6) is 0.999. The van der Waals surface area contributed by atoms with E-state index in [1.54, 1.807) is 0 Å². The van der Waals surface area contributed by atoms with Crippen molar-refractivity contribution in [1.29, 1.82) is 0 Å². The monoisotopic (exact) mass is 410 g/mol. The molecule has 2 aromatic rings. The minimum atomic E-state index is 0.0460. The van der Waals surface area contributed by atoms with Crippen LogP contribution in [0.5, 0.6) is 0 Å². The van der Waals surface area contributed by atoms with E-state index in [2.05, 4.69) is 51.4 Å². The Balaban J connectivity index is 1.29. The summed E-state index contributed by atoms with van der Waals surface area (Å²) >= 11 is 0. The highest BCUT2D eigenvalue weighted by Gasteiger charge is 2.25. The molecule has 2 aliphatic heterocycles. The highest BCUT2D eigenvalue weighted by molar-refractivity contribution is 5.80. The van der Waals surface area contributed by atoms with Crippen molar-refractivity contribution in [2.24, 2.45) is 12.0 Å². The number of aromatic nitrogens is 2. The molecule has 30 heavy (non-hydrogen) atoms. The van der Waals surface area contributed by atoms with Crippen LogP contribution in [0.3, 0.4) is 0 Å². The molecule has 1 atom stereocenters. The molecular formula is C23H34N6O. The second-order valence-electron chi connectivity index (χ2n) is 8.14. The number of guanidine groups is 1. The number of ether oxygens (including phenoxy) is 1. The van der Waals surface area contributed by atoms with Gasteiger partial charge < -0.3 is 15.0 Å². The summed E-state index contributed by atoms with van der Waals surface area (Å²) in [6.45, 7) is 9.53. The maximum atomic E-state index is 5.99. The van der Waals surface area contributed by atoms with E-state index in [4.69, 9.17) is 9.73 Å². The van der Waals surface area contributed by atoms with E-state index in [1.807, 2.05) is 24.1 Å². The Bertz CT molecular complexity index is 848. The van der Waals surface area contributed by atoms with Gasteiger partial charge in [0.25, 0.3) is 0 Å². The Morgan fingerprint density at radius 1 is 1.27 bits per heavy atom. The topological polar surface area (TPSA) is 57.9 Å². The molecule has 3 heterocycles. The van der Waals surface area contributed by atoms with Crippen LogP contribution < -0.4 is 5.32 Å². The Kier molecular flexibility index (Phi) is 7.02. The van der Waals surface area contributed by atoms with Gasteiger partial charge in [0.2, 0.25) is 0 Å². The van der Waals surface area contributed by atoms with Crippen LogP contribution in [0.1, 0.15) is 36.1 Å². The zero-order valence-electron chi connectivity index (χ0n) is 18.3. The molecule has 0 bridgehead atoms. The Morgan fingerprint density at radius 3 is 2.93 bits per heavy atom. The van der Waals surface area contributed by atoms with Gasteiger partial charge in [-0.05, 0) is 30.9 Å². The predicted octanol–water partition coefficient (Wildman–Crippen LogP) is 2.21. The van der Waals surface area contributed by atoms with E-state index >= 15 is 0 Å². The van der Waals surface area contributed by atoms with E-state index in [-0.39, 0.29) is 6.10 Å². The summed E-state index contributed by atoms with van der Waals surface area (Å²) < 4.78 is 7.81.